The Bertz CT molecular complexity index is 760. The highest BCUT2D eigenvalue weighted by Gasteiger charge is 2.24. The van der Waals surface area contributed by atoms with Gasteiger partial charge in [-0.05, 0) is 38.4 Å². The molecule has 0 atom stereocenters. The molecule has 0 amide bonds. The van der Waals surface area contributed by atoms with Gasteiger partial charge in [0.05, 0.1) is 24.2 Å². The molecular formula is C15H17BrN4O2. The Morgan fingerprint density at radius 3 is 2.82 bits per heavy atom. The summed E-state index contributed by atoms with van der Waals surface area (Å²) in [7, 11) is 0. The van der Waals surface area contributed by atoms with Crippen LogP contribution in [0.25, 0.3) is 21.3 Å². The number of benzene rings is 1. The van der Waals surface area contributed by atoms with Crippen molar-refractivity contribution in [3.63, 3.8) is 0 Å². The van der Waals surface area contributed by atoms with Gasteiger partial charge in [-0.25, -0.2) is 4.79 Å². The number of hydrogen-bond acceptors (Lipinski definition) is 3. The van der Waals surface area contributed by atoms with Gasteiger partial charge in [0.15, 0.2) is 0 Å². The van der Waals surface area contributed by atoms with Crippen molar-refractivity contribution in [1.82, 2.24) is 4.57 Å². The summed E-state index contributed by atoms with van der Waals surface area (Å²) < 4.78 is 8.12. The fourth-order valence-electron chi connectivity index (χ4n) is 2.61. The predicted molar refractivity (Wildman–Crippen MR) is 88.8 cm³/mol. The minimum absolute atomic E-state index is 0.106. The van der Waals surface area contributed by atoms with E-state index in [1.807, 2.05) is 36.6 Å². The molecule has 0 N–H and O–H groups in total. The summed E-state index contributed by atoms with van der Waals surface area (Å²) in [6.07, 6.45) is 0. The second-order valence-electron chi connectivity index (χ2n) is 5.06. The summed E-state index contributed by atoms with van der Waals surface area (Å²) in [5, 5.41) is 4.45. The van der Waals surface area contributed by atoms with Crippen molar-refractivity contribution in [2.24, 2.45) is 5.11 Å². The average Bonchev–Trinajstić information content (AvgIpc) is 2.78. The molecule has 0 aliphatic carbocycles. The van der Waals surface area contributed by atoms with Gasteiger partial charge < -0.3 is 9.30 Å². The van der Waals surface area contributed by atoms with Gasteiger partial charge in [-0.15, -0.1) is 0 Å². The van der Waals surface area contributed by atoms with E-state index in [0.717, 1.165) is 15.4 Å². The van der Waals surface area contributed by atoms with E-state index in [2.05, 4.69) is 26.0 Å². The van der Waals surface area contributed by atoms with E-state index in [0.29, 0.717) is 17.9 Å². The minimum atomic E-state index is -0.391. The van der Waals surface area contributed by atoms with Crippen LogP contribution >= 0.6 is 15.9 Å². The molecule has 116 valence electrons. The number of aromatic nitrogens is 1. The quantitative estimate of drug-likeness (QED) is 0.324. The number of esters is 1. The standard InChI is InChI=1S/C15H17BrN4O2/c1-4-22-15(21)14-11-6-5-10(16)7-12(11)20(9(2)3)13(14)8-18-19-17/h5-7,9H,4,8H2,1-3H3. The average molecular weight is 365 g/mol. The van der Waals surface area contributed by atoms with Crippen LogP contribution in [0.5, 0.6) is 0 Å². The lowest BCUT2D eigenvalue weighted by molar-refractivity contribution is 0.0527. The minimum Gasteiger partial charge on any atom is -0.462 e. The molecule has 7 heteroatoms. The molecule has 6 nitrogen and oxygen atoms in total. The van der Waals surface area contributed by atoms with Gasteiger partial charge in [-0.2, -0.15) is 0 Å². The van der Waals surface area contributed by atoms with Crippen molar-refractivity contribution in [3.05, 3.63) is 44.4 Å². The van der Waals surface area contributed by atoms with Crippen molar-refractivity contribution >= 4 is 32.8 Å². The second-order valence-corrected chi connectivity index (χ2v) is 5.97. The number of carbonyl (C=O) groups excluding carboxylic acids is 1. The van der Waals surface area contributed by atoms with Crippen LogP contribution in [0.4, 0.5) is 0 Å². The fraction of sp³-hybridized carbons (Fsp3) is 0.400. The highest BCUT2D eigenvalue weighted by Crippen LogP contribution is 2.32. The monoisotopic (exact) mass is 364 g/mol. The molecule has 1 aromatic carbocycles. The largest absolute Gasteiger partial charge is 0.462 e. The van der Waals surface area contributed by atoms with Crippen molar-refractivity contribution in [1.29, 1.82) is 0 Å². The van der Waals surface area contributed by atoms with Gasteiger partial charge in [0.2, 0.25) is 0 Å². The molecule has 0 aliphatic heterocycles. The fourth-order valence-corrected chi connectivity index (χ4v) is 2.96. The van der Waals surface area contributed by atoms with Gasteiger partial charge in [0.1, 0.15) is 0 Å². The Balaban J connectivity index is 2.83. The molecular weight excluding hydrogens is 348 g/mol. The Kier molecular flexibility index (Phi) is 5.11. The molecule has 2 aromatic rings. The first kappa shape index (κ1) is 16.4. The summed E-state index contributed by atoms with van der Waals surface area (Å²) in [5.74, 6) is -0.391. The lowest BCUT2D eigenvalue weighted by atomic mass is 10.1. The smallest absolute Gasteiger partial charge is 0.340 e. The zero-order valence-corrected chi connectivity index (χ0v) is 14.3. The number of halogens is 1. The molecule has 0 radical (unpaired) electrons. The molecule has 0 unspecified atom stereocenters. The first-order valence-electron chi connectivity index (χ1n) is 7.01. The zero-order chi connectivity index (χ0) is 16.3. The van der Waals surface area contributed by atoms with Crippen molar-refractivity contribution in [2.75, 3.05) is 6.61 Å². The lowest BCUT2D eigenvalue weighted by Gasteiger charge is -2.14. The van der Waals surface area contributed by atoms with Crippen LogP contribution in [-0.4, -0.2) is 17.1 Å². The van der Waals surface area contributed by atoms with Crippen LogP contribution in [0.3, 0.4) is 0 Å². The van der Waals surface area contributed by atoms with Crippen LogP contribution < -0.4 is 0 Å². The molecule has 0 spiro atoms. The lowest BCUT2D eigenvalue weighted by Crippen LogP contribution is -2.11. The van der Waals surface area contributed by atoms with Crippen LogP contribution in [-0.2, 0) is 11.3 Å². The number of carbonyl (C=O) groups is 1. The van der Waals surface area contributed by atoms with E-state index in [1.54, 1.807) is 6.92 Å². The van der Waals surface area contributed by atoms with Crippen molar-refractivity contribution in [3.8, 4) is 0 Å². The summed E-state index contributed by atoms with van der Waals surface area (Å²) in [4.78, 5) is 15.2. The Morgan fingerprint density at radius 2 is 2.23 bits per heavy atom. The maximum absolute atomic E-state index is 12.4. The highest BCUT2D eigenvalue weighted by atomic mass is 79.9. The second kappa shape index (κ2) is 6.85. The van der Waals surface area contributed by atoms with Gasteiger partial charge >= 0.3 is 5.97 Å². The first-order valence-corrected chi connectivity index (χ1v) is 7.80. The third-order valence-corrected chi connectivity index (χ3v) is 3.84. The molecule has 2 rings (SSSR count). The van der Waals surface area contributed by atoms with Gasteiger partial charge in [0.25, 0.3) is 0 Å². The van der Waals surface area contributed by atoms with E-state index in [1.165, 1.54) is 0 Å². The van der Waals surface area contributed by atoms with Gasteiger partial charge in [-0.3, -0.25) is 0 Å². The normalized spacial score (nSPS) is 10.8. The first-order chi connectivity index (χ1) is 10.5. The number of hydrogen-bond donors (Lipinski definition) is 0. The zero-order valence-electron chi connectivity index (χ0n) is 12.7. The molecule has 1 aromatic heterocycles. The number of azide groups is 1. The number of rotatable bonds is 5. The maximum atomic E-state index is 12.4. The Hall–Kier alpha value is -1.98. The summed E-state index contributed by atoms with van der Waals surface area (Å²) in [6, 6.07) is 5.83. The molecule has 0 aliphatic rings. The van der Waals surface area contributed by atoms with Crippen molar-refractivity contribution in [2.45, 2.75) is 33.4 Å². The highest BCUT2D eigenvalue weighted by molar-refractivity contribution is 9.10. The molecule has 0 saturated heterocycles. The molecule has 0 saturated carbocycles. The van der Waals surface area contributed by atoms with E-state index < -0.39 is 5.97 Å². The molecule has 22 heavy (non-hydrogen) atoms. The van der Waals surface area contributed by atoms with E-state index in [-0.39, 0.29) is 12.6 Å². The summed E-state index contributed by atoms with van der Waals surface area (Å²) in [5.41, 5.74) is 10.7. The molecule has 0 bridgehead atoms. The van der Waals surface area contributed by atoms with Crippen molar-refractivity contribution < 1.29 is 9.53 Å². The van der Waals surface area contributed by atoms with Crippen LogP contribution in [0.1, 0.15) is 42.9 Å². The van der Waals surface area contributed by atoms with E-state index in [9.17, 15) is 4.79 Å². The van der Waals surface area contributed by atoms with Gasteiger partial charge in [-0.1, -0.05) is 27.1 Å². The van der Waals surface area contributed by atoms with E-state index in [4.69, 9.17) is 10.3 Å². The maximum Gasteiger partial charge on any atom is 0.340 e. The third kappa shape index (κ3) is 2.96. The van der Waals surface area contributed by atoms with E-state index >= 15 is 0 Å². The SMILES string of the molecule is CCOC(=O)c1c(CN=[N+]=[N-])n(C(C)C)c2cc(Br)ccc12. The molecule has 0 fully saturated rings. The molecule has 1 heterocycles. The number of fused-ring (bicyclic) bond motifs is 1. The summed E-state index contributed by atoms with van der Waals surface area (Å²) >= 11 is 3.46. The van der Waals surface area contributed by atoms with Crippen LogP contribution in [0, 0.1) is 0 Å². The summed E-state index contributed by atoms with van der Waals surface area (Å²) in [6.45, 7) is 6.22. The van der Waals surface area contributed by atoms with Crippen LogP contribution in [0.15, 0.2) is 27.8 Å². The van der Waals surface area contributed by atoms with Crippen LogP contribution in [0.2, 0.25) is 0 Å². The number of ether oxygens (including phenoxy) is 1. The third-order valence-electron chi connectivity index (χ3n) is 3.35. The number of nitrogens with zero attached hydrogens (tertiary/aromatic N) is 4. The predicted octanol–water partition coefficient (Wildman–Crippen LogP) is 4.97. The Labute approximate surface area is 136 Å². The van der Waals surface area contributed by atoms with Gasteiger partial charge in [0, 0.05) is 26.5 Å². The Morgan fingerprint density at radius 1 is 1.50 bits per heavy atom. The topological polar surface area (TPSA) is 80.0 Å².